The largest absolute Gasteiger partial charge is 0.313 e. The quantitative estimate of drug-likeness (QED) is 0.894. The third kappa shape index (κ3) is 2.93. The summed E-state index contributed by atoms with van der Waals surface area (Å²) >= 11 is 0. The van der Waals surface area contributed by atoms with E-state index in [-0.39, 0.29) is 11.9 Å². The van der Waals surface area contributed by atoms with Crippen LogP contribution in [0.4, 0.5) is 4.39 Å². The molecular formula is C15H17FN2. The van der Waals surface area contributed by atoms with E-state index in [1.54, 1.807) is 12.3 Å². The van der Waals surface area contributed by atoms with E-state index in [9.17, 15) is 4.39 Å². The van der Waals surface area contributed by atoms with Crippen molar-refractivity contribution in [1.82, 2.24) is 10.3 Å². The summed E-state index contributed by atoms with van der Waals surface area (Å²) in [7, 11) is 1.91. The van der Waals surface area contributed by atoms with Crippen LogP contribution in [0.5, 0.6) is 0 Å². The van der Waals surface area contributed by atoms with Gasteiger partial charge in [-0.15, -0.1) is 0 Å². The Labute approximate surface area is 107 Å². The van der Waals surface area contributed by atoms with Crippen molar-refractivity contribution in [2.45, 2.75) is 19.4 Å². The fourth-order valence-electron chi connectivity index (χ4n) is 2.13. The summed E-state index contributed by atoms with van der Waals surface area (Å²) in [6.45, 7) is 1.93. The lowest BCUT2D eigenvalue weighted by Gasteiger charge is -2.18. The Morgan fingerprint density at radius 1 is 1.28 bits per heavy atom. The van der Waals surface area contributed by atoms with Gasteiger partial charge in [0.05, 0.1) is 0 Å². The van der Waals surface area contributed by atoms with Crippen molar-refractivity contribution < 1.29 is 4.39 Å². The molecule has 0 aliphatic carbocycles. The predicted molar refractivity (Wildman–Crippen MR) is 70.9 cm³/mol. The molecule has 0 saturated heterocycles. The van der Waals surface area contributed by atoms with E-state index in [2.05, 4.69) is 10.3 Å². The van der Waals surface area contributed by atoms with Crippen LogP contribution in [0.15, 0.2) is 42.6 Å². The second-order valence-electron chi connectivity index (χ2n) is 4.37. The maximum atomic E-state index is 13.1. The summed E-state index contributed by atoms with van der Waals surface area (Å²) in [5.74, 6) is -0.191. The summed E-state index contributed by atoms with van der Waals surface area (Å²) in [5.41, 5.74) is 3.11. The molecule has 0 radical (unpaired) electrons. The average Bonchev–Trinajstić information content (AvgIpc) is 2.38. The van der Waals surface area contributed by atoms with Crippen molar-refractivity contribution in [3.8, 4) is 0 Å². The van der Waals surface area contributed by atoms with Gasteiger partial charge in [-0.2, -0.15) is 0 Å². The van der Waals surface area contributed by atoms with Crippen LogP contribution in [0.3, 0.4) is 0 Å². The molecule has 0 aliphatic heterocycles. The maximum absolute atomic E-state index is 13.1. The SMILES string of the molecule is CNC(Cc1ccccn1)c1ccc(F)cc1C. The standard InChI is InChI=1S/C15H17FN2/c1-11-9-12(16)6-7-14(11)15(17-2)10-13-5-3-4-8-18-13/h3-9,15,17H,10H2,1-2H3. The van der Waals surface area contributed by atoms with Gasteiger partial charge in [-0.3, -0.25) is 4.98 Å². The molecule has 1 atom stereocenters. The lowest BCUT2D eigenvalue weighted by Crippen LogP contribution is -2.20. The van der Waals surface area contributed by atoms with E-state index in [1.807, 2.05) is 38.2 Å². The Kier molecular flexibility index (Phi) is 4.05. The van der Waals surface area contributed by atoms with Crippen LogP contribution in [0.1, 0.15) is 22.9 Å². The first kappa shape index (κ1) is 12.7. The topological polar surface area (TPSA) is 24.9 Å². The zero-order chi connectivity index (χ0) is 13.0. The Morgan fingerprint density at radius 2 is 2.11 bits per heavy atom. The molecule has 94 valence electrons. The van der Waals surface area contributed by atoms with E-state index < -0.39 is 0 Å². The normalized spacial score (nSPS) is 12.4. The zero-order valence-electron chi connectivity index (χ0n) is 10.7. The first-order valence-corrected chi connectivity index (χ1v) is 6.04. The molecule has 2 aromatic rings. The van der Waals surface area contributed by atoms with Crippen LogP contribution >= 0.6 is 0 Å². The number of hydrogen-bond acceptors (Lipinski definition) is 2. The van der Waals surface area contributed by atoms with Crippen LogP contribution in [0, 0.1) is 12.7 Å². The van der Waals surface area contributed by atoms with Crippen molar-refractivity contribution in [3.63, 3.8) is 0 Å². The van der Waals surface area contributed by atoms with Gasteiger partial charge < -0.3 is 5.32 Å². The molecule has 0 bridgehead atoms. The van der Waals surface area contributed by atoms with E-state index in [0.29, 0.717) is 0 Å². The summed E-state index contributed by atoms with van der Waals surface area (Å²) in [5, 5.41) is 3.26. The van der Waals surface area contributed by atoms with Crippen LogP contribution in [0.2, 0.25) is 0 Å². The van der Waals surface area contributed by atoms with Gasteiger partial charge in [0.25, 0.3) is 0 Å². The molecule has 1 heterocycles. The van der Waals surface area contributed by atoms with Gasteiger partial charge in [0, 0.05) is 24.4 Å². The molecule has 0 amide bonds. The number of aryl methyl sites for hydroxylation is 1. The van der Waals surface area contributed by atoms with Crippen LogP contribution < -0.4 is 5.32 Å². The van der Waals surface area contributed by atoms with Crippen LogP contribution in [-0.2, 0) is 6.42 Å². The molecule has 1 aromatic carbocycles. The zero-order valence-corrected chi connectivity index (χ0v) is 10.7. The summed E-state index contributed by atoms with van der Waals surface area (Å²) in [4.78, 5) is 4.33. The number of aromatic nitrogens is 1. The summed E-state index contributed by atoms with van der Waals surface area (Å²) < 4.78 is 13.1. The molecule has 2 rings (SSSR count). The number of nitrogens with zero attached hydrogens (tertiary/aromatic N) is 1. The van der Waals surface area contributed by atoms with Crippen molar-refractivity contribution in [1.29, 1.82) is 0 Å². The third-order valence-corrected chi connectivity index (χ3v) is 3.10. The summed E-state index contributed by atoms with van der Waals surface area (Å²) in [6.07, 6.45) is 2.59. The highest BCUT2D eigenvalue weighted by Crippen LogP contribution is 2.21. The molecule has 0 spiro atoms. The highest BCUT2D eigenvalue weighted by atomic mass is 19.1. The van der Waals surface area contributed by atoms with Crippen molar-refractivity contribution >= 4 is 0 Å². The highest BCUT2D eigenvalue weighted by Gasteiger charge is 2.13. The lowest BCUT2D eigenvalue weighted by atomic mass is 9.97. The number of rotatable bonds is 4. The van der Waals surface area contributed by atoms with E-state index >= 15 is 0 Å². The van der Waals surface area contributed by atoms with E-state index in [0.717, 1.165) is 23.2 Å². The molecule has 2 nitrogen and oxygen atoms in total. The first-order valence-electron chi connectivity index (χ1n) is 6.04. The minimum atomic E-state index is -0.191. The molecule has 0 saturated carbocycles. The number of halogens is 1. The minimum absolute atomic E-state index is 0.153. The average molecular weight is 244 g/mol. The number of benzene rings is 1. The molecule has 18 heavy (non-hydrogen) atoms. The maximum Gasteiger partial charge on any atom is 0.123 e. The fourth-order valence-corrected chi connectivity index (χ4v) is 2.13. The molecule has 1 N–H and O–H groups in total. The second kappa shape index (κ2) is 5.74. The van der Waals surface area contributed by atoms with Crippen molar-refractivity contribution in [2.24, 2.45) is 0 Å². The Bertz CT molecular complexity index is 511. The van der Waals surface area contributed by atoms with Crippen LogP contribution in [0.25, 0.3) is 0 Å². The van der Waals surface area contributed by atoms with Gasteiger partial charge in [0.15, 0.2) is 0 Å². The Hall–Kier alpha value is -1.74. The number of hydrogen-bond donors (Lipinski definition) is 1. The lowest BCUT2D eigenvalue weighted by molar-refractivity contribution is 0.575. The molecule has 0 aliphatic rings. The first-order chi connectivity index (χ1) is 8.70. The Balaban J connectivity index is 2.23. The second-order valence-corrected chi connectivity index (χ2v) is 4.37. The molecule has 1 unspecified atom stereocenters. The van der Waals surface area contributed by atoms with Gasteiger partial charge in [-0.05, 0) is 49.4 Å². The van der Waals surface area contributed by atoms with Gasteiger partial charge in [-0.25, -0.2) is 4.39 Å². The smallest absolute Gasteiger partial charge is 0.123 e. The highest BCUT2D eigenvalue weighted by molar-refractivity contribution is 5.30. The van der Waals surface area contributed by atoms with Gasteiger partial charge in [0.1, 0.15) is 5.82 Å². The molecule has 0 fully saturated rings. The van der Waals surface area contributed by atoms with Crippen molar-refractivity contribution in [2.75, 3.05) is 7.05 Å². The van der Waals surface area contributed by atoms with Gasteiger partial charge >= 0.3 is 0 Å². The predicted octanol–water partition coefficient (Wildman–Crippen LogP) is 3.03. The third-order valence-electron chi connectivity index (χ3n) is 3.10. The summed E-state index contributed by atoms with van der Waals surface area (Å²) in [6, 6.07) is 11.0. The molecule has 1 aromatic heterocycles. The van der Waals surface area contributed by atoms with Crippen LogP contribution in [-0.4, -0.2) is 12.0 Å². The minimum Gasteiger partial charge on any atom is -0.313 e. The Morgan fingerprint density at radius 3 is 2.72 bits per heavy atom. The number of nitrogens with one attached hydrogen (secondary N) is 1. The molecular weight excluding hydrogens is 227 g/mol. The monoisotopic (exact) mass is 244 g/mol. The van der Waals surface area contributed by atoms with E-state index in [1.165, 1.54) is 6.07 Å². The van der Waals surface area contributed by atoms with E-state index in [4.69, 9.17) is 0 Å². The number of likely N-dealkylation sites (N-methyl/N-ethyl adjacent to an activating group) is 1. The van der Waals surface area contributed by atoms with Gasteiger partial charge in [0.2, 0.25) is 0 Å². The van der Waals surface area contributed by atoms with Gasteiger partial charge in [-0.1, -0.05) is 12.1 Å². The fraction of sp³-hybridized carbons (Fsp3) is 0.267. The van der Waals surface area contributed by atoms with Crippen molar-refractivity contribution in [3.05, 3.63) is 65.2 Å². The number of pyridine rings is 1. The molecule has 3 heteroatoms.